The summed E-state index contributed by atoms with van der Waals surface area (Å²) in [5.74, 6) is -12.7. The zero-order chi connectivity index (χ0) is 21.0. The van der Waals surface area contributed by atoms with Crippen LogP contribution in [0.3, 0.4) is 0 Å². The number of benzene rings is 1. The molecule has 0 atom stereocenters. The van der Waals surface area contributed by atoms with Gasteiger partial charge in [0.05, 0.1) is 33.4 Å². The molecule has 0 radical (unpaired) electrons. The van der Waals surface area contributed by atoms with Crippen molar-refractivity contribution < 1.29 is 59.0 Å². The van der Waals surface area contributed by atoms with Gasteiger partial charge in [-0.2, -0.15) is 0 Å². The van der Waals surface area contributed by atoms with E-state index in [0.717, 1.165) is 6.08 Å². The molecule has 27 heavy (non-hydrogen) atoms. The highest BCUT2D eigenvalue weighted by atomic mass is 16.5. The van der Waals surface area contributed by atoms with Crippen molar-refractivity contribution in [2.45, 2.75) is 0 Å². The van der Waals surface area contributed by atoms with Crippen LogP contribution in [0.15, 0.2) is 12.7 Å². The Labute approximate surface area is 148 Å². The van der Waals surface area contributed by atoms with Crippen LogP contribution in [0.1, 0.15) is 62.1 Å². The van der Waals surface area contributed by atoms with Gasteiger partial charge in [0.25, 0.3) is 0 Å². The number of hydrogen-bond donors (Lipinski definition) is 5. The number of carboxylic acids is 5. The molecule has 0 aliphatic carbocycles. The van der Waals surface area contributed by atoms with E-state index in [0.29, 0.717) is 0 Å². The number of aromatic carboxylic acids is 5. The van der Waals surface area contributed by atoms with E-state index in [1.54, 1.807) is 0 Å². The summed E-state index contributed by atoms with van der Waals surface area (Å²) in [4.78, 5) is 69.6. The molecule has 0 aliphatic rings. The molecule has 0 unspecified atom stereocenters. The standard InChI is InChI=1S/C15H10O12/c1-2-3-27-15(26)9-7(13(22)23)5(11(18)19)4(10(16)17)6(12(20)21)8(9)14(24)25/h2H,1,3H2,(H,16,17)(H,18,19)(H,20,21)(H,22,23)(H,24,25). The SMILES string of the molecule is C=CCOC(=O)c1c(C(=O)O)c(C(=O)O)c(C(=O)O)c(C(=O)O)c1C(=O)O. The lowest BCUT2D eigenvalue weighted by Gasteiger charge is -2.17. The van der Waals surface area contributed by atoms with E-state index in [-0.39, 0.29) is 0 Å². The van der Waals surface area contributed by atoms with Crippen LogP contribution in [-0.2, 0) is 4.74 Å². The number of ether oxygens (including phenoxy) is 1. The number of carboxylic acid groups (broad SMARTS) is 5. The number of carbonyl (C=O) groups is 6. The molecular formula is C15H10O12. The van der Waals surface area contributed by atoms with Crippen molar-refractivity contribution in [3.8, 4) is 0 Å². The zero-order valence-electron chi connectivity index (χ0n) is 13.1. The van der Waals surface area contributed by atoms with Crippen molar-refractivity contribution >= 4 is 35.8 Å². The van der Waals surface area contributed by atoms with E-state index in [1.807, 2.05) is 0 Å². The molecular weight excluding hydrogens is 372 g/mol. The molecule has 0 aromatic heterocycles. The van der Waals surface area contributed by atoms with Gasteiger partial charge in [-0.25, -0.2) is 28.8 Å². The van der Waals surface area contributed by atoms with E-state index in [1.165, 1.54) is 0 Å². The van der Waals surface area contributed by atoms with Gasteiger partial charge in [0.15, 0.2) is 0 Å². The first-order chi connectivity index (χ1) is 12.5. The van der Waals surface area contributed by atoms with Gasteiger partial charge in [0.1, 0.15) is 6.61 Å². The number of esters is 1. The number of carbonyl (C=O) groups excluding carboxylic acids is 1. The van der Waals surface area contributed by atoms with Crippen LogP contribution in [0.25, 0.3) is 0 Å². The summed E-state index contributed by atoms with van der Waals surface area (Å²) in [6.45, 7) is 2.64. The molecule has 0 saturated heterocycles. The first kappa shape index (κ1) is 20.8. The largest absolute Gasteiger partial charge is 0.478 e. The maximum absolute atomic E-state index is 12.2. The summed E-state index contributed by atoms with van der Waals surface area (Å²) in [6.07, 6.45) is 1.01. The fraction of sp³-hybridized carbons (Fsp3) is 0.0667. The second-order valence-corrected chi connectivity index (χ2v) is 4.66. The molecule has 0 spiro atoms. The van der Waals surface area contributed by atoms with Crippen LogP contribution in [0.2, 0.25) is 0 Å². The normalized spacial score (nSPS) is 9.93. The molecule has 0 saturated carbocycles. The Morgan fingerprint density at radius 2 is 0.889 bits per heavy atom. The Kier molecular flexibility index (Phi) is 6.00. The van der Waals surface area contributed by atoms with Gasteiger partial charge in [-0.15, -0.1) is 0 Å². The lowest BCUT2D eigenvalue weighted by Crippen LogP contribution is -2.28. The Balaban J connectivity index is 4.37. The summed E-state index contributed by atoms with van der Waals surface area (Å²) < 4.78 is 4.51. The van der Waals surface area contributed by atoms with Gasteiger partial charge in [-0.05, 0) is 0 Å². The van der Waals surface area contributed by atoms with Crippen molar-refractivity contribution in [2.24, 2.45) is 0 Å². The minimum Gasteiger partial charge on any atom is -0.478 e. The minimum absolute atomic E-state index is 0.553. The van der Waals surface area contributed by atoms with Crippen molar-refractivity contribution in [3.63, 3.8) is 0 Å². The lowest BCUT2D eigenvalue weighted by atomic mass is 9.86. The predicted octanol–water partition coefficient (Wildman–Crippen LogP) is 0.520. The van der Waals surface area contributed by atoms with E-state index >= 15 is 0 Å². The highest BCUT2D eigenvalue weighted by molar-refractivity contribution is 6.23. The molecule has 0 amide bonds. The molecule has 142 valence electrons. The molecule has 0 fully saturated rings. The average molecular weight is 382 g/mol. The Morgan fingerprint density at radius 1 is 0.630 bits per heavy atom. The fourth-order valence-electron chi connectivity index (χ4n) is 2.23. The molecule has 0 bridgehead atoms. The summed E-state index contributed by atoms with van der Waals surface area (Å²) >= 11 is 0. The summed E-state index contributed by atoms with van der Waals surface area (Å²) in [7, 11) is 0. The third-order valence-electron chi connectivity index (χ3n) is 3.11. The predicted molar refractivity (Wildman–Crippen MR) is 81.7 cm³/mol. The second kappa shape index (κ2) is 7.77. The van der Waals surface area contributed by atoms with Crippen LogP contribution < -0.4 is 0 Å². The molecule has 1 rings (SSSR count). The second-order valence-electron chi connectivity index (χ2n) is 4.66. The highest BCUT2D eigenvalue weighted by Gasteiger charge is 2.40. The van der Waals surface area contributed by atoms with Crippen LogP contribution >= 0.6 is 0 Å². The van der Waals surface area contributed by atoms with E-state index in [4.69, 9.17) is 0 Å². The highest BCUT2D eigenvalue weighted by Crippen LogP contribution is 2.30. The zero-order valence-corrected chi connectivity index (χ0v) is 13.1. The minimum atomic E-state index is -2.22. The fourth-order valence-corrected chi connectivity index (χ4v) is 2.23. The Hall–Kier alpha value is -4.22. The summed E-state index contributed by atoms with van der Waals surface area (Å²) in [5.41, 5.74) is -9.25. The molecule has 5 N–H and O–H groups in total. The molecule has 0 heterocycles. The Bertz CT molecular complexity index is 855. The van der Waals surface area contributed by atoms with Gasteiger partial charge in [-0.3, -0.25) is 0 Å². The van der Waals surface area contributed by atoms with E-state index < -0.39 is 75.8 Å². The van der Waals surface area contributed by atoms with Crippen molar-refractivity contribution in [3.05, 3.63) is 46.0 Å². The molecule has 12 heteroatoms. The smallest absolute Gasteiger partial charge is 0.340 e. The Morgan fingerprint density at radius 3 is 1.11 bits per heavy atom. The van der Waals surface area contributed by atoms with Crippen LogP contribution in [0.4, 0.5) is 0 Å². The van der Waals surface area contributed by atoms with Crippen molar-refractivity contribution in [1.82, 2.24) is 0 Å². The van der Waals surface area contributed by atoms with Crippen LogP contribution in [-0.4, -0.2) is 68.0 Å². The quantitative estimate of drug-likeness (QED) is 0.307. The monoisotopic (exact) mass is 382 g/mol. The number of rotatable bonds is 8. The van der Waals surface area contributed by atoms with Crippen molar-refractivity contribution in [2.75, 3.05) is 6.61 Å². The van der Waals surface area contributed by atoms with E-state index in [2.05, 4.69) is 11.3 Å². The molecule has 12 nitrogen and oxygen atoms in total. The van der Waals surface area contributed by atoms with Gasteiger partial charge >= 0.3 is 35.8 Å². The van der Waals surface area contributed by atoms with E-state index in [9.17, 15) is 54.3 Å². The summed E-state index contributed by atoms with van der Waals surface area (Å²) in [6, 6.07) is 0. The van der Waals surface area contributed by atoms with Gasteiger partial charge in [0.2, 0.25) is 0 Å². The van der Waals surface area contributed by atoms with Gasteiger partial charge < -0.3 is 30.3 Å². The molecule has 0 aliphatic heterocycles. The first-order valence-corrected chi connectivity index (χ1v) is 6.65. The average Bonchev–Trinajstić information content (AvgIpc) is 2.55. The first-order valence-electron chi connectivity index (χ1n) is 6.65. The van der Waals surface area contributed by atoms with Crippen LogP contribution in [0.5, 0.6) is 0 Å². The van der Waals surface area contributed by atoms with Crippen molar-refractivity contribution in [1.29, 1.82) is 0 Å². The lowest BCUT2D eigenvalue weighted by molar-refractivity contribution is 0.0519. The maximum Gasteiger partial charge on any atom is 0.340 e. The van der Waals surface area contributed by atoms with Gasteiger partial charge in [0, 0.05) is 0 Å². The third-order valence-corrected chi connectivity index (χ3v) is 3.11. The van der Waals surface area contributed by atoms with Gasteiger partial charge in [-0.1, -0.05) is 12.7 Å². The molecule has 1 aromatic carbocycles. The maximum atomic E-state index is 12.2. The molecule has 1 aromatic rings. The van der Waals surface area contributed by atoms with Crippen LogP contribution in [0, 0.1) is 0 Å². The number of hydrogen-bond acceptors (Lipinski definition) is 7. The topological polar surface area (TPSA) is 213 Å². The summed E-state index contributed by atoms with van der Waals surface area (Å²) in [5, 5.41) is 46.2. The third kappa shape index (κ3) is 3.73.